The van der Waals surface area contributed by atoms with E-state index in [1.807, 2.05) is 12.1 Å². The van der Waals surface area contributed by atoms with Gasteiger partial charge < -0.3 is 30.0 Å². The molecule has 7 heteroatoms. The van der Waals surface area contributed by atoms with Gasteiger partial charge in [-0.25, -0.2) is 0 Å². The van der Waals surface area contributed by atoms with Crippen molar-refractivity contribution in [3.63, 3.8) is 0 Å². The molecule has 0 spiro atoms. The normalized spacial score (nSPS) is 23.7. The first-order valence-corrected chi connectivity index (χ1v) is 14.4. The van der Waals surface area contributed by atoms with Crippen molar-refractivity contribution >= 4 is 28.8 Å². The van der Waals surface area contributed by atoms with E-state index in [2.05, 4.69) is 85.1 Å². The molecule has 1 amide bonds. The Morgan fingerprint density at radius 1 is 0.951 bits per heavy atom. The smallest absolute Gasteiger partial charge is 0.221 e. The summed E-state index contributed by atoms with van der Waals surface area (Å²) in [5.74, 6) is -0.226. The highest BCUT2D eigenvalue weighted by Gasteiger charge is 2.46. The number of rotatable bonds is 11. The molecule has 3 N–H and O–H groups in total. The summed E-state index contributed by atoms with van der Waals surface area (Å²) in [6.07, 6.45) is 8.37. The number of fused-ring (bicyclic) bond motifs is 2. The molecule has 2 aliphatic rings. The Morgan fingerprint density at radius 3 is 2.49 bits per heavy atom. The van der Waals surface area contributed by atoms with E-state index in [-0.39, 0.29) is 37.0 Å². The Hall–Kier alpha value is -3.33. The zero-order valence-corrected chi connectivity index (χ0v) is 23.8. The SMILES string of the molecule is COCC1OC(OCc2ccc3ccccc3c2)[C@H](NC(=O)CCN)[C@H](OCc2ccc3c(c2)C=CCC=C3)[C@@H]1C. The molecule has 1 heterocycles. The Morgan fingerprint density at radius 2 is 1.68 bits per heavy atom. The van der Waals surface area contributed by atoms with Crippen molar-refractivity contribution in [3.05, 3.63) is 95.1 Å². The molecule has 41 heavy (non-hydrogen) atoms. The average Bonchev–Trinajstić information content (AvgIpc) is 3.23. The number of carbonyl (C=O) groups is 1. The number of carbonyl (C=O) groups excluding carboxylic acids is 1. The minimum absolute atomic E-state index is 0.0673. The third kappa shape index (κ3) is 7.31. The maximum atomic E-state index is 12.8. The number of benzene rings is 3. The van der Waals surface area contributed by atoms with Crippen LogP contribution in [0.2, 0.25) is 0 Å². The average molecular weight is 557 g/mol. The maximum Gasteiger partial charge on any atom is 0.221 e. The van der Waals surface area contributed by atoms with E-state index < -0.39 is 12.3 Å². The second-order valence-corrected chi connectivity index (χ2v) is 10.8. The number of amides is 1. The van der Waals surface area contributed by atoms with Crippen LogP contribution in [-0.4, -0.2) is 50.7 Å². The van der Waals surface area contributed by atoms with Gasteiger partial charge in [0.15, 0.2) is 6.29 Å². The van der Waals surface area contributed by atoms with Crippen LogP contribution < -0.4 is 11.1 Å². The van der Waals surface area contributed by atoms with Crippen molar-refractivity contribution in [2.45, 2.75) is 57.5 Å². The predicted octanol–water partition coefficient (Wildman–Crippen LogP) is 5.21. The lowest BCUT2D eigenvalue weighted by atomic mass is 9.88. The number of methoxy groups -OCH3 is 1. The van der Waals surface area contributed by atoms with Crippen LogP contribution >= 0.6 is 0 Å². The summed E-state index contributed by atoms with van der Waals surface area (Å²) in [6, 6.07) is 20.3. The second-order valence-electron chi connectivity index (χ2n) is 10.8. The molecule has 5 rings (SSSR count). The fourth-order valence-corrected chi connectivity index (χ4v) is 5.55. The number of hydrogen-bond donors (Lipinski definition) is 2. The molecule has 3 aromatic carbocycles. The summed E-state index contributed by atoms with van der Waals surface area (Å²) in [5.41, 5.74) is 10.1. The van der Waals surface area contributed by atoms with Crippen molar-refractivity contribution in [1.29, 1.82) is 0 Å². The summed E-state index contributed by atoms with van der Waals surface area (Å²) in [6.45, 7) is 3.42. The fraction of sp³-hybridized carbons (Fsp3) is 0.382. The van der Waals surface area contributed by atoms with Gasteiger partial charge >= 0.3 is 0 Å². The van der Waals surface area contributed by atoms with Gasteiger partial charge in [0.05, 0.1) is 32.0 Å². The van der Waals surface area contributed by atoms with E-state index in [4.69, 9.17) is 24.7 Å². The van der Waals surface area contributed by atoms with Crippen molar-refractivity contribution < 1.29 is 23.7 Å². The van der Waals surface area contributed by atoms with E-state index in [9.17, 15) is 4.79 Å². The molecule has 2 unspecified atom stereocenters. The first-order chi connectivity index (χ1) is 20.1. The predicted molar refractivity (Wildman–Crippen MR) is 162 cm³/mol. The van der Waals surface area contributed by atoms with E-state index in [1.165, 1.54) is 16.5 Å². The van der Waals surface area contributed by atoms with Crippen LogP contribution in [0.25, 0.3) is 22.9 Å². The van der Waals surface area contributed by atoms with Gasteiger partial charge in [0.2, 0.25) is 5.91 Å². The largest absolute Gasteiger partial charge is 0.382 e. The summed E-state index contributed by atoms with van der Waals surface area (Å²) < 4.78 is 24.9. The lowest BCUT2D eigenvalue weighted by Crippen LogP contribution is -2.62. The second kappa shape index (κ2) is 14.0. The number of nitrogens with two attached hydrogens (primary N) is 1. The van der Waals surface area contributed by atoms with Gasteiger partial charge in [-0.05, 0) is 51.6 Å². The highest BCUT2D eigenvalue weighted by molar-refractivity contribution is 5.83. The lowest BCUT2D eigenvalue weighted by molar-refractivity contribution is -0.268. The molecule has 5 atom stereocenters. The van der Waals surface area contributed by atoms with Gasteiger partial charge in [0, 0.05) is 26.0 Å². The van der Waals surface area contributed by atoms with E-state index in [0.717, 1.165) is 22.9 Å². The molecule has 1 saturated heterocycles. The van der Waals surface area contributed by atoms with Crippen LogP contribution in [0.4, 0.5) is 0 Å². The Bertz CT molecular complexity index is 1390. The van der Waals surface area contributed by atoms with Crippen molar-refractivity contribution in [2.24, 2.45) is 11.7 Å². The van der Waals surface area contributed by atoms with Gasteiger partial charge in [-0.1, -0.05) is 79.8 Å². The molecule has 1 aliphatic heterocycles. The molecular weight excluding hydrogens is 516 g/mol. The third-order valence-electron chi connectivity index (χ3n) is 7.78. The summed E-state index contributed by atoms with van der Waals surface area (Å²) in [4.78, 5) is 12.8. The highest BCUT2D eigenvalue weighted by atomic mass is 16.7. The Kier molecular flexibility index (Phi) is 9.98. The van der Waals surface area contributed by atoms with Crippen molar-refractivity contribution in [1.82, 2.24) is 5.32 Å². The van der Waals surface area contributed by atoms with Gasteiger partial charge in [0.1, 0.15) is 6.04 Å². The fourth-order valence-electron chi connectivity index (χ4n) is 5.55. The van der Waals surface area contributed by atoms with Gasteiger partial charge in [-0.3, -0.25) is 4.79 Å². The van der Waals surface area contributed by atoms with Gasteiger partial charge in [-0.2, -0.15) is 0 Å². The van der Waals surface area contributed by atoms with Crippen LogP contribution in [0.3, 0.4) is 0 Å². The minimum Gasteiger partial charge on any atom is -0.382 e. The van der Waals surface area contributed by atoms with Crippen LogP contribution in [0.15, 0.2) is 72.8 Å². The molecule has 0 aromatic heterocycles. The quantitative estimate of drug-likeness (QED) is 0.337. The zero-order valence-electron chi connectivity index (χ0n) is 23.8. The van der Waals surface area contributed by atoms with E-state index in [1.54, 1.807) is 7.11 Å². The molecule has 0 bridgehead atoms. The maximum absolute atomic E-state index is 12.8. The molecule has 3 aromatic rings. The highest BCUT2D eigenvalue weighted by Crippen LogP contribution is 2.31. The number of hydrogen-bond acceptors (Lipinski definition) is 6. The summed E-state index contributed by atoms with van der Waals surface area (Å²) in [7, 11) is 1.66. The third-order valence-corrected chi connectivity index (χ3v) is 7.78. The zero-order chi connectivity index (χ0) is 28.6. The van der Waals surface area contributed by atoms with E-state index >= 15 is 0 Å². The Labute approximate surface area is 242 Å². The monoisotopic (exact) mass is 556 g/mol. The molecule has 7 nitrogen and oxygen atoms in total. The van der Waals surface area contributed by atoms with Gasteiger partial charge in [-0.15, -0.1) is 0 Å². The topological polar surface area (TPSA) is 92.0 Å². The molecular formula is C34H40N2O5. The number of ether oxygens (including phenoxy) is 4. The Balaban J connectivity index is 1.37. The van der Waals surface area contributed by atoms with Crippen molar-refractivity contribution in [3.8, 4) is 0 Å². The first-order valence-electron chi connectivity index (χ1n) is 14.4. The van der Waals surface area contributed by atoms with Crippen LogP contribution in [-0.2, 0) is 37.0 Å². The number of nitrogens with one attached hydrogen (secondary N) is 1. The number of allylic oxidation sites excluding steroid dienone is 2. The first kappa shape index (κ1) is 29.2. The van der Waals surface area contributed by atoms with Gasteiger partial charge in [0.25, 0.3) is 0 Å². The molecule has 1 aliphatic carbocycles. The summed E-state index contributed by atoms with van der Waals surface area (Å²) >= 11 is 0. The summed E-state index contributed by atoms with van der Waals surface area (Å²) in [5, 5.41) is 5.43. The van der Waals surface area contributed by atoms with E-state index in [0.29, 0.717) is 19.8 Å². The molecule has 216 valence electrons. The van der Waals surface area contributed by atoms with Crippen molar-refractivity contribution in [2.75, 3.05) is 20.3 Å². The standard InChI is InChI=1S/C34H40N2O5/c1-23-30(22-38-2)41-34(40-21-25-13-15-27-9-6-7-11-29(27)19-25)32(36-31(37)16-17-35)33(23)39-20-24-12-14-26-8-4-3-5-10-28(26)18-24/h4-15,18-19,23,30,32-34H,3,16-17,20-22,35H2,1-2H3,(H,36,37)/t23-,30?,32-,33-,34?/m1/s1. The molecule has 1 fully saturated rings. The van der Waals surface area contributed by atoms with Crippen LogP contribution in [0.5, 0.6) is 0 Å². The lowest BCUT2D eigenvalue weighted by Gasteiger charge is -2.45. The minimum atomic E-state index is -0.732. The van der Waals surface area contributed by atoms with Crippen LogP contribution in [0, 0.1) is 5.92 Å². The van der Waals surface area contributed by atoms with Crippen LogP contribution in [0.1, 0.15) is 42.0 Å². The molecule has 0 saturated carbocycles. The molecule has 0 radical (unpaired) electrons.